The maximum absolute atomic E-state index is 10.2. The van der Waals surface area contributed by atoms with E-state index in [-0.39, 0.29) is 0 Å². The molecule has 118 valence electrons. The third-order valence-electron chi connectivity index (χ3n) is 1.31. The molecule has 0 aliphatic heterocycles. The van der Waals surface area contributed by atoms with Crippen molar-refractivity contribution in [2.45, 2.75) is 18.9 Å². The second kappa shape index (κ2) is 14.2. The van der Waals surface area contributed by atoms with Crippen molar-refractivity contribution in [2.75, 3.05) is 6.54 Å². The zero-order valence-corrected chi connectivity index (χ0v) is 10.0. The molecule has 14 nitrogen and oxygen atoms in total. The van der Waals surface area contributed by atoms with Crippen molar-refractivity contribution in [1.82, 2.24) is 5.32 Å². The Morgan fingerprint density at radius 3 is 1.80 bits per heavy atom. The van der Waals surface area contributed by atoms with Gasteiger partial charge in [0.2, 0.25) is 0 Å². The Morgan fingerprint density at radius 1 is 1.20 bits per heavy atom. The fourth-order valence-corrected chi connectivity index (χ4v) is 0.657. The van der Waals surface area contributed by atoms with Gasteiger partial charge in [-0.25, -0.2) is 4.79 Å². The van der Waals surface area contributed by atoms with E-state index in [0.717, 1.165) is 0 Å². The van der Waals surface area contributed by atoms with Gasteiger partial charge in [-0.2, -0.15) is 0 Å². The molecule has 14 heteroatoms. The van der Waals surface area contributed by atoms with Crippen molar-refractivity contribution in [1.29, 1.82) is 0 Å². The van der Waals surface area contributed by atoms with Crippen molar-refractivity contribution in [3.8, 4) is 0 Å². The molecule has 0 bridgehead atoms. The summed E-state index contributed by atoms with van der Waals surface area (Å²) in [4.78, 5) is 37.1. The fourth-order valence-electron chi connectivity index (χ4n) is 0.657. The van der Waals surface area contributed by atoms with Crippen LogP contribution in [0.25, 0.3) is 0 Å². The Balaban J connectivity index is -0.000000297. The summed E-state index contributed by atoms with van der Waals surface area (Å²) < 4.78 is 0. The number of nitrogens with two attached hydrogens (primary N) is 2. The molecule has 0 fully saturated rings. The van der Waals surface area contributed by atoms with E-state index < -0.39 is 28.2 Å². The lowest BCUT2D eigenvalue weighted by atomic mass is 10.2. The fraction of sp³-hybridized carbons (Fsp3) is 0.667. The zero-order valence-electron chi connectivity index (χ0n) is 10.0. The second-order valence-electron chi connectivity index (χ2n) is 2.85. The second-order valence-corrected chi connectivity index (χ2v) is 2.85. The number of carboxylic acid groups (broad SMARTS) is 1. The smallest absolute Gasteiger partial charge is 0.320 e. The highest BCUT2D eigenvalue weighted by Gasteiger charge is 2.09. The van der Waals surface area contributed by atoms with Gasteiger partial charge in [0.1, 0.15) is 6.04 Å². The summed E-state index contributed by atoms with van der Waals surface area (Å²) >= 11 is 0. The Labute approximate surface area is 111 Å². The van der Waals surface area contributed by atoms with Crippen LogP contribution in [0, 0.1) is 20.2 Å². The van der Waals surface area contributed by atoms with E-state index >= 15 is 0 Å². The highest BCUT2D eigenvalue weighted by atomic mass is 16.9. The molecule has 0 spiro atoms. The molecule has 20 heavy (non-hydrogen) atoms. The van der Waals surface area contributed by atoms with Crippen LogP contribution in [0.5, 0.6) is 0 Å². The minimum atomic E-state index is -1.50. The molecular formula is C6H15N5O9. The van der Waals surface area contributed by atoms with Gasteiger partial charge in [0.15, 0.2) is 0 Å². The molecule has 0 aromatic carbocycles. The maximum atomic E-state index is 10.2. The third kappa shape index (κ3) is 45.8. The number of aliphatic carboxylic acids is 1. The molecule has 0 heterocycles. The number of urea groups is 1. The normalized spacial score (nSPS) is 9.65. The quantitative estimate of drug-likeness (QED) is 0.188. The summed E-state index contributed by atoms with van der Waals surface area (Å²) in [6.45, 7) is 0.357. The molecule has 0 aromatic heterocycles. The van der Waals surface area contributed by atoms with Crippen LogP contribution < -0.4 is 16.8 Å². The molecule has 1 atom stereocenters. The van der Waals surface area contributed by atoms with Crippen molar-refractivity contribution in [3.05, 3.63) is 20.2 Å². The molecule has 0 radical (unpaired) electrons. The van der Waals surface area contributed by atoms with Gasteiger partial charge < -0.3 is 32.3 Å². The van der Waals surface area contributed by atoms with Crippen LogP contribution in [0.2, 0.25) is 0 Å². The SMILES string of the molecule is NC(=O)NCCCC(N)C(=O)O.O=[N+]([O-])O.O=[N+]([O-])O. The van der Waals surface area contributed by atoms with Crippen molar-refractivity contribution < 1.29 is 35.3 Å². The van der Waals surface area contributed by atoms with Gasteiger partial charge in [0.25, 0.3) is 10.2 Å². The van der Waals surface area contributed by atoms with E-state index in [4.69, 9.17) is 47.2 Å². The largest absolute Gasteiger partial charge is 0.480 e. The third-order valence-corrected chi connectivity index (χ3v) is 1.31. The van der Waals surface area contributed by atoms with Gasteiger partial charge in [-0.1, -0.05) is 0 Å². The molecule has 1 unspecified atom stereocenters. The molecule has 2 amide bonds. The summed E-state index contributed by atoms with van der Waals surface area (Å²) in [7, 11) is 0. The highest BCUT2D eigenvalue weighted by molar-refractivity contribution is 5.73. The average molecular weight is 301 g/mol. The van der Waals surface area contributed by atoms with Crippen LogP contribution in [0.4, 0.5) is 4.79 Å². The summed E-state index contributed by atoms with van der Waals surface area (Å²) in [5.74, 6) is -1.03. The first-order chi connectivity index (χ1) is 9.00. The number of carbonyl (C=O) groups is 2. The summed E-state index contributed by atoms with van der Waals surface area (Å²) in [5, 5.41) is 38.0. The summed E-state index contributed by atoms with van der Waals surface area (Å²) in [6, 6.07) is -1.47. The number of nitrogens with zero attached hydrogens (tertiary/aromatic N) is 2. The van der Waals surface area contributed by atoms with Gasteiger partial charge in [-0.3, -0.25) is 4.79 Å². The minimum Gasteiger partial charge on any atom is -0.480 e. The van der Waals surface area contributed by atoms with Crippen LogP contribution >= 0.6 is 0 Å². The van der Waals surface area contributed by atoms with Crippen molar-refractivity contribution in [2.24, 2.45) is 11.5 Å². The standard InChI is InChI=1S/C6H13N3O3.2HNO3/c7-4(5(10)11)2-1-3-9-6(8)12;2*2-1(3)4/h4H,1-3,7H2,(H,10,11)(H3,8,9,12);2*(H,2,3,4). The first kappa shape index (κ1) is 22.3. The molecular weight excluding hydrogens is 286 g/mol. The first-order valence-electron chi connectivity index (χ1n) is 4.68. The van der Waals surface area contributed by atoms with Crippen LogP contribution in [0.1, 0.15) is 12.8 Å². The van der Waals surface area contributed by atoms with E-state index in [0.29, 0.717) is 19.4 Å². The molecule has 0 aliphatic carbocycles. The summed E-state index contributed by atoms with van der Waals surface area (Å²) in [5.41, 5.74) is 9.96. The Bertz CT molecular complexity index is 302. The van der Waals surface area contributed by atoms with Gasteiger partial charge in [0.05, 0.1) is 0 Å². The number of rotatable bonds is 5. The Morgan fingerprint density at radius 2 is 1.55 bits per heavy atom. The molecule has 8 N–H and O–H groups in total. The lowest BCUT2D eigenvalue weighted by Crippen LogP contribution is -2.33. The number of nitrogens with one attached hydrogen (secondary N) is 1. The number of carboxylic acids is 1. The van der Waals surface area contributed by atoms with Crippen molar-refractivity contribution in [3.63, 3.8) is 0 Å². The molecule has 0 saturated heterocycles. The van der Waals surface area contributed by atoms with Crippen LogP contribution in [-0.2, 0) is 4.79 Å². The number of carbonyl (C=O) groups excluding carboxylic acids is 1. The van der Waals surface area contributed by atoms with E-state index in [1.807, 2.05) is 0 Å². The predicted octanol–water partition coefficient (Wildman–Crippen LogP) is -1.85. The summed E-state index contributed by atoms with van der Waals surface area (Å²) in [6.07, 6.45) is 0.839. The molecule has 0 aliphatic rings. The lowest BCUT2D eigenvalue weighted by Gasteiger charge is -2.05. The molecule has 0 saturated carbocycles. The zero-order chi connectivity index (χ0) is 16.7. The Kier molecular flexibility index (Phi) is 15.8. The number of hydrogen-bond donors (Lipinski definition) is 6. The maximum Gasteiger partial charge on any atom is 0.320 e. The van der Waals surface area contributed by atoms with Gasteiger partial charge >= 0.3 is 12.0 Å². The molecule has 0 aromatic rings. The first-order valence-corrected chi connectivity index (χ1v) is 4.68. The van der Waals surface area contributed by atoms with E-state index in [2.05, 4.69) is 5.32 Å². The minimum absolute atomic E-state index is 0.329. The predicted molar refractivity (Wildman–Crippen MR) is 60.0 cm³/mol. The molecule has 0 rings (SSSR count). The van der Waals surface area contributed by atoms with Crippen LogP contribution in [0.15, 0.2) is 0 Å². The van der Waals surface area contributed by atoms with Gasteiger partial charge in [0, 0.05) is 6.54 Å². The monoisotopic (exact) mass is 301 g/mol. The number of amides is 2. The van der Waals surface area contributed by atoms with E-state index in [1.165, 1.54) is 0 Å². The van der Waals surface area contributed by atoms with E-state index in [1.54, 1.807) is 0 Å². The van der Waals surface area contributed by atoms with Crippen LogP contribution in [-0.4, -0.2) is 50.3 Å². The van der Waals surface area contributed by atoms with Crippen LogP contribution in [0.3, 0.4) is 0 Å². The number of hydrogen-bond acceptors (Lipinski definition) is 7. The lowest BCUT2D eigenvalue weighted by molar-refractivity contribution is -0.742. The number of primary amides is 1. The highest BCUT2D eigenvalue weighted by Crippen LogP contribution is 1.92. The average Bonchev–Trinajstić information content (AvgIpc) is 2.21. The van der Waals surface area contributed by atoms with Crippen molar-refractivity contribution >= 4 is 12.0 Å². The van der Waals surface area contributed by atoms with Gasteiger partial charge in [-0.15, -0.1) is 20.2 Å². The van der Waals surface area contributed by atoms with E-state index in [9.17, 15) is 9.59 Å². The topological polar surface area (TPSA) is 245 Å². The Hall–Kier alpha value is -2.90. The van der Waals surface area contributed by atoms with Gasteiger partial charge in [-0.05, 0) is 12.8 Å².